The minimum Gasteiger partial charge on any atom is -0.290 e. The van der Waals surface area contributed by atoms with E-state index in [0.717, 1.165) is 17.5 Å². The summed E-state index contributed by atoms with van der Waals surface area (Å²) < 4.78 is 0. The van der Waals surface area contributed by atoms with E-state index in [4.69, 9.17) is 0 Å². The molecule has 1 nitrogen and oxygen atoms in total. The first-order chi connectivity index (χ1) is 4.88. The van der Waals surface area contributed by atoms with Crippen LogP contribution in [-0.2, 0) is 11.5 Å². The molecule has 0 fully saturated rings. The van der Waals surface area contributed by atoms with Gasteiger partial charge in [0.15, 0.2) is 5.75 Å². The fraction of sp³-hybridized carbons (Fsp3) is 0.111. The fourth-order valence-corrected chi connectivity index (χ4v) is 1.26. The molecule has 10 heavy (non-hydrogen) atoms. The van der Waals surface area contributed by atoms with Crippen molar-refractivity contribution in [2.45, 2.75) is 6.42 Å². The molecule has 1 aromatic carbocycles. The predicted molar refractivity (Wildman–Crippen MR) is 39.3 cm³/mol. The molecule has 1 heteroatoms. The molecule has 0 saturated heterocycles. The van der Waals surface area contributed by atoms with Crippen LogP contribution in [0, 0.1) is 0 Å². The first-order valence-electron chi connectivity index (χ1n) is 3.33. The molecule has 0 N–H and O–H groups in total. The molecule has 0 unspecified atom stereocenters. The summed E-state index contributed by atoms with van der Waals surface area (Å²) in [4.78, 5) is 0. The summed E-state index contributed by atoms with van der Waals surface area (Å²) in [5.41, 5.74) is 2.04. The number of benzene rings is 1. The van der Waals surface area contributed by atoms with Gasteiger partial charge in [0, 0.05) is 5.56 Å². The zero-order valence-electron chi connectivity index (χ0n) is 5.50. The Balaban J connectivity index is 2.66. The molecule has 1 aliphatic carbocycles. The van der Waals surface area contributed by atoms with Crippen LogP contribution in [0.15, 0.2) is 24.3 Å². The fourth-order valence-electron chi connectivity index (χ4n) is 1.26. The van der Waals surface area contributed by atoms with Crippen LogP contribution in [0.5, 0.6) is 5.75 Å². The van der Waals surface area contributed by atoms with Crippen molar-refractivity contribution in [3.05, 3.63) is 35.4 Å². The van der Waals surface area contributed by atoms with Crippen molar-refractivity contribution in [2.24, 2.45) is 0 Å². The minimum atomic E-state index is 0.169. The highest BCUT2D eigenvalue weighted by atomic mass is 16.3. The molecule has 1 radical (unpaired) electrons. The lowest BCUT2D eigenvalue weighted by molar-refractivity contribution is 0.351. The Morgan fingerprint density at radius 1 is 1.30 bits per heavy atom. The van der Waals surface area contributed by atoms with Crippen LogP contribution in [0.1, 0.15) is 11.1 Å². The number of hydrogen-bond donors (Lipinski definition) is 0. The molecule has 2 rings (SSSR count). The lowest BCUT2D eigenvalue weighted by atomic mass is 10.1. The third kappa shape index (κ3) is 0.637. The van der Waals surface area contributed by atoms with Gasteiger partial charge in [0.2, 0.25) is 0 Å². The smallest absolute Gasteiger partial charge is 0.182 e. The summed E-state index contributed by atoms with van der Waals surface area (Å²) in [5, 5.41) is 11.1. The molecule has 0 amide bonds. The van der Waals surface area contributed by atoms with Crippen molar-refractivity contribution in [2.75, 3.05) is 0 Å². The minimum absolute atomic E-state index is 0.169. The maximum Gasteiger partial charge on any atom is 0.182 e. The SMILES string of the molecule is [O]c1cccc2c1CC=C2. The maximum atomic E-state index is 11.1. The van der Waals surface area contributed by atoms with Crippen LogP contribution in [0.2, 0.25) is 0 Å². The molecule has 0 aliphatic heterocycles. The van der Waals surface area contributed by atoms with E-state index in [1.165, 1.54) is 0 Å². The van der Waals surface area contributed by atoms with E-state index in [-0.39, 0.29) is 5.75 Å². The van der Waals surface area contributed by atoms with Gasteiger partial charge in [-0.05, 0) is 18.1 Å². The molecular weight excluding hydrogens is 124 g/mol. The highest BCUT2D eigenvalue weighted by Crippen LogP contribution is 2.27. The highest BCUT2D eigenvalue weighted by Gasteiger charge is 2.08. The molecule has 49 valence electrons. The van der Waals surface area contributed by atoms with Crippen molar-refractivity contribution < 1.29 is 5.11 Å². The van der Waals surface area contributed by atoms with Gasteiger partial charge in [0.1, 0.15) is 0 Å². The second kappa shape index (κ2) is 1.87. The average Bonchev–Trinajstić information content (AvgIpc) is 2.36. The van der Waals surface area contributed by atoms with Gasteiger partial charge in [-0.3, -0.25) is 5.11 Å². The van der Waals surface area contributed by atoms with Crippen molar-refractivity contribution in [3.8, 4) is 5.75 Å². The largest absolute Gasteiger partial charge is 0.290 e. The van der Waals surface area contributed by atoms with E-state index in [9.17, 15) is 5.11 Å². The first-order valence-corrected chi connectivity index (χ1v) is 3.33. The van der Waals surface area contributed by atoms with E-state index in [1.54, 1.807) is 12.1 Å². The Bertz CT molecular complexity index is 287. The molecule has 0 aromatic heterocycles. The Hall–Kier alpha value is -1.24. The van der Waals surface area contributed by atoms with Crippen LogP contribution in [0.25, 0.3) is 6.08 Å². The van der Waals surface area contributed by atoms with Crippen LogP contribution >= 0.6 is 0 Å². The van der Waals surface area contributed by atoms with Crippen molar-refractivity contribution in [1.29, 1.82) is 0 Å². The third-order valence-corrected chi connectivity index (χ3v) is 1.79. The first kappa shape index (κ1) is 5.54. The quantitative estimate of drug-likeness (QED) is 0.515. The van der Waals surface area contributed by atoms with Gasteiger partial charge in [0.25, 0.3) is 0 Å². The van der Waals surface area contributed by atoms with Gasteiger partial charge in [-0.1, -0.05) is 24.3 Å². The monoisotopic (exact) mass is 131 g/mol. The normalized spacial score (nSPS) is 13.6. The van der Waals surface area contributed by atoms with E-state index < -0.39 is 0 Å². The number of hydrogen-bond acceptors (Lipinski definition) is 0. The second-order valence-corrected chi connectivity index (χ2v) is 2.43. The summed E-state index contributed by atoms with van der Waals surface area (Å²) in [5.74, 6) is 0.169. The van der Waals surface area contributed by atoms with E-state index in [1.807, 2.05) is 18.2 Å². The Kier molecular flexibility index (Phi) is 1.04. The van der Waals surface area contributed by atoms with Crippen molar-refractivity contribution in [1.82, 2.24) is 0 Å². The summed E-state index contributed by atoms with van der Waals surface area (Å²) in [6.45, 7) is 0. The molecule has 0 saturated carbocycles. The molecule has 0 bridgehead atoms. The summed E-state index contributed by atoms with van der Waals surface area (Å²) in [6, 6.07) is 5.39. The van der Waals surface area contributed by atoms with Gasteiger partial charge < -0.3 is 0 Å². The van der Waals surface area contributed by atoms with Crippen molar-refractivity contribution in [3.63, 3.8) is 0 Å². The van der Waals surface area contributed by atoms with Gasteiger partial charge in [-0.25, -0.2) is 0 Å². The lowest BCUT2D eigenvalue weighted by Gasteiger charge is -1.96. The predicted octanol–water partition coefficient (Wildman–Crippen LogP) is 2.40. The van der Waals surface area contributed by atoms with Gasteiger partial charge in [0.05, 0.1) is 0 Å². The summed E-state index contributed by atoms with van der Waals surface area (Å²) in [6.07, 6.45) is 4.83. The maximum absolute atomic E-state index is 11.1. The zero-order chi connectivity index (χ0) is 6.97. The average molecular weight is 131 g/mol. The van der Waals surface area contributed by atoms with Gasteiger partial charge >= 0.3 is 0 Å². The molecule has 0 atom stereocenters. The van der Waals surface area contributed by atoms with Gasteiger partial charge in [-0.15, -0.1) is 0 Å². The molecule has 1 aliphatic rings. The highest BCUT2D eigenvalue weighted by molar-refractivity contribution is 5.63. The third-order valence-electron chi connectivity index (χ3n) is 1.79. The second-order valence-electron chi connectivity index (χ2n) is 2.43. The molecule has 1 aromatic rings. The molecule has 0 spiro atoms. The van der Waals surface area contributed by atoms with E-state index >= 15 is 0 Å². The van der Waals surface area contributed by atoms with E-state index in [0.29, 0.717) is 0 Å². The van der Waals surface area contributed by atoms with Gasteiger partial charge in [-0.2, -0.15) is 0 Å². The standard InChI is InChI=1S/C9H7O/c10-9-6-2-4-7-3-1-5-8(7)9/h1-4,6H,5H2. The number of allylic oxidation sites excluding steroid dienone is 1. The van der Waals surface area contributed by atoms with Crippen LogP contribution in [-0.4, -0.2) is 0 Å². The Labute approximate surface area is 59.6 Å². The lowest BCUT2D eigenvalue weighted by Crippen LogP contribution is -1.79. The van der Waals surface area contributed by atoms with Crippen LogP contribution < -0.4 is 0 Å². The van der Waals surface area contributed by atoms with Crippen molar-refractivity contribution >= 4 is 6.08 Å². The number of fused-ring (bicyclic) bond motifs is 1. The zero-order valence-corrected chi connectivity index (χ0v) is 5.50. The van der Waals surface area contributed by atoms with E-state index in [2.05, 4.69) is 0 Å². The Morgan fingerprint density at radius 3 is 3.00 bits per heavy atom. The summed E-state index contributed by atoms with van der Waals surface area (Å²) in [7, 11) is 0. The summed E-state index contributed by atoms with van der Waals surface area (Å²) >= 11 is 0. The Morgan fingerprint density at radius 2 is 2.20 bits per heavy atom. The molecule has 0 heterocycles. The van der Waals surface area contributed by atoms with Crippen LogP contribution in [0.3, 0.4) is 0 Å². The topological polar surface area (TPSA) is 19.9 Å². The molecular formula is C9H7O. The number of rotatable bonds is 0. The van der Waals surface area contributed by atoms with Crippen LogP contribution in [0.4, 0.5) is 0 Å².